The van der Waals surface area contributed by atoms with Crippen LogP contribution in [0.25, 0.3) is 33.7 Å². The Kier molecular flexibility index (Phi) is 4.83. The summed E-state index contributed by atoms with van der Waals surface area (Å²) in [4.78, 5) is 12.2. The van der Waals surface area contributed by atoms with Gasteiger partial charge < -0.3 is 9.72 Å². The van der Waals surface area contributed by atoms with E-state index >= 15 is 0 Å². The van der Waals surface area contributed by atoms with Gasteiger partial charge in [0.1, 0.15) is 17.4 Å². The van der Waals surface area contributed by atoms with E-state index in [-0.39, 0.29) is 5.82 Å². The molecule has 136 valence electrons. The molecule has 0 aliphatic carbocycles. The van der Waals surface area contributed by atoms with Crippen LogP contribution in [0.1, 0.15) is 19.8 Å². The van der Waals surface area contributed by atoms with Crippen LogP contribution in [0.3, 0.4) is 0 Å². The molecule has 27 heavy (non-hydrogen) atoms. The van der Waals surface area contributed by atoms with E-state index in [0.717, 1.165) is 29.7 Å². The number of hydrogen-bond acceptors (Lipinski definition) is 3. The lowest BCUT2D eigenvalue weighted by atomic mass is 10.1. The SMILES string of the molecule is CCCCOc1cccc(-c2nc3ncc(-c4ccccc4F)cc3[nH]2)c1. The van der Waals surface area contributed by atoms with E-state index in [0.29, 0.717) is 29.2 Å². The average Bonchev–Trinajstić information content (AvgIpc) is 3.12. The minimum atomic E-state index is -0.268. The van der Waals surface area contributed by atoms with Crippen LogP contribution in [0, 0.1) is 5.82 Å². The normalized spacial score (nSPS) is 11.0. The number of hydrogen-bond donors (Lipinski definition) is 1. The molecular formula is C22H20FN3O. The maximum Gasteiger partial charge on any atom is 0.178 e. The lowest BCUT2D eigenvalue weighted by Gasteiger charge is -2.06. The molecule has 0 atom stereocenters. The first-order valence-corrected chi connectivity index (χ1v) is 9.08. The number of nitrogens with one attached hydrogen (secondary N) is 1. The first-order chi connectivity index (χ1) is 13.2. The highest BCUT2D eigenvalue weighted by Crippen LogP contribution is 2.27. The van der Waals surface area contributed by atoms with Crippen LogP contribution in [0.15, 0.2) is 60.8 Å². The number of benzene rings is 2. The molecule has 4 nitrogen and oxygen atoms in total. The van der Waals surface area contributed by atoms with Crippen LogP contribution in [-0.2, 0) is 0 Å². The number of nitrogens with zero attached hydrogens (tertiary/aromatic N) is 2. The number of pyridine rings is 1. The molecule has 4 rings (SSSR count). The molecule has 0 radical (unpaired) electrons. The summed E-state index contributed by atoms with van der Waals surface area (Å²) in [5.74, 6) is 1.26. The maximum absolute atomic E-state index is 14.0. The molecule has 5 heteroatoms. The van der Waals surface area contributed by atoms with Crippen molar-refractivity contribution in [3.05, 3.63) is 66.6 Å². The lowest BCUT2D eigenvalue weighted by molar-refractivity contribution is 0.309. The molecule has 0 fully saturated rings. The third-order valence-corrected chi connectivity index (χ3v) is 4.40. The number of imidazole rings is 1. The number of rotatable bonds is 6. The summed E-state index contributed by atoms with van der Waals surface area (Å²) in [5, 5.41) is 0. The summed E-state index contributed by atoms with van der Waals surface area (Å²) in [6.45, 7) is 2.84. The summed E-state index contributed by atoms with van der Waals surface area (Å²) in [7, 11) is 0. The second-order valence-electron chi connectivity index (χ2n) is 6.39. The predicted molar refractivity (Wildman–Crippen MR) is 105 cm³/mol. The molecule has 0 bridgehead atoms. The van der Waals surface area contributed by atoms with Crippen molar-refractivity contribution in [3.63, 3.8) is 0 Å². The summed E-state index contributed by atoms with van der Waals surface area (Å²) in [5.41, 5.74) is 3.53. The number of halogens is 1. The van der Waals surface area contributed by atoms with E-state index in [1.165, 1.54) is 6.07 Å². The second-order valence-corrected chi connectivity index (χ2v) is 6.39. The third kappa shape index (κ3) is 3.67. The smallest absolute Gasteiger partial charge is 0.178 e. The van der Waals surface area contributed by atoms with Crippen molar-refractivity contribution in [1.29, 1.82) is 0 Å². The standard InChI is InChI=1S/C22H20FN3O/c1-2-3-11-27-17-8-6-7-15(12-17)21-25-20-13-16(14-24-22(20)26-21)18-9-4-5-10-19(18)23/h4-10,12-14H,2-3,11H2,1H3,(H,24,25,26). The van der Waals surface area contributed by atoms with Gasteiger partial charge in [-0.05, 0) is 30.7 Å². The third-order valence-electron chi connectivity index (χ3n) is 4.40. The van der Waals surface area contributed by atoms with Gasteiger partial charge in [-0.3, -0.25) is 0 Å². The Morgan fingerprint density at radius 3 is 2.78 bits per heavy atom. The van der Waals surface area contributed by atoms with Gasteiger partial charge in [0.25, 0.3) is 0 Å². The zero-order valence-corrected chi connectivity index (χ0v) is 15.1. The van der Waals surface area contributed by atoms with Crippen LogP contribution in [-0.4, -0.2) is 21.6 Å². The minimum Gasteiger partial charge on any atom is -0.494 e. The van der Waals surface area contributed by atoms with E-state index in [9.17, 15) is 4.39 Å². The number of H-pyrrole nitrogens is 1. The average molecular weight is 361 g/mol. The van der Waals surface area contributed by atoms with E-state index in [4.69, 9.17) is 4.74 Å². The van der Waals surface area contributed by atoms with Crippen molar-refractivity contribution in [3.8, 4) is 28.3 Å². The van der Waals surface area contributed by atoms with Crippen LogP contribution in [0.2, 0.25) is 0 Å². The molecule has 1 N–H and O–H groups in total. The highest BCUT2D eigenvalue weighted by atomic mass is 19.1. The Hall–Kier alpha value is -3.21. The molecule has 0 spiro atoms. The molecule has 0 unspecified atom stereocenters. The van der Waals surface area contributed by atoms with E-state index in [2.05, 4.69) is 21.9 Å². The summed E-state index contributed by atoms with van der Waals surface area (Å²) >= 11 is 0. The fourth-order valence-electron chi connectivity index (χ4n) is 2.95. The van der Waals surface area contributed by atoms with Gasteiger partial charge in [0.2, 0.25) is 0 Å². The topological polar surface area (TPSA) is 50.8 Å². The molecule has 0 aliphatic heterocycles. The Labute approximate surface area is 157 Å². The first-order valence-electron chi connectivity index (χ1n) is 9.08. The molecule has 2 aromatic heterocycles. The summed E-state index contributed by atoms with van der Waals surface area (Å²) < 4.78 is 19.8. The Morgan fingerprint density at radius 2 is 1.93 bits per heavy atom. The van der Waals surface area contributed by atoms with Gasteiger partial charge >= 0.3 is 0 Å². The van der Waals surface area contributed by atoms with Crippen molar-refractivity contribution in [1.82, 2.24) is 15.0 Å². The number of ether oxygens (including phenoxy) is 1. The van der Waals surface area contributed by atoms with E-state index in [1.807, 2.05) is 36.4 Å². The van der Waals surface area contributed by atoms with Crippen molar-refractivity contribution < 1.29 is 9.13 Å². The van der Waals surface area contributed by atoms with Crippen LogP contribution in [0.4, 0.5) is 4.39 Å². The van der Waals surface area contributed by atoms with E-state index in [1.54, 1.807) is 18.3 Å². The van der Waals surface area contributed by atoms with Crippen molar-refractivity contribution in [2.45, 2.75) is 19.8 Å². The second kappa shape index (κ2) is 7.58. The molecule has 0 saturated carbocycles. The van der Waals surface area contributed by atoms with Gasteiger partial charge in [0, 0.05) is 22.9 Å². The fraction of sp³-hybridized carbons (Fsp3) is 0.182. The monoisotopic (exact) mass is 361 g/mol. The quantitative estimate of drug-likeness (QED) is 0.454. The molecule has 0 aliphatic rings. The van der Waals surface area contributed by atoms with Gasteiger partial charge in [0.15, 0.2) is 5.65 Å². The van der Waals surface area contributed by atoms with Crippen molar-refractivity contribution >= 4 is 11.2 Å². The molecular weight excluding hydrogens is 341 g/mol. The Balaban J connectivity index is 1.66. The maximum atomic E-state index is 14.0. The Bertz CT molecular complexity index is 1070. The van der Waals surface area contributed by atoms with Crippen LogP contribution < -0.4 is 4.74 Å². The van der Waals surface area contributed by atoms with Crippen LogP contribution >= 0.6 is 0 Å². The van der Waals surface area contributed by atoms with Crippen molar-refractivity contribution in [2.75, 3.05) is 6.61 Å². The highest BCUT2D eigenvalue weighted by molar-refractivity contribution is 5.81. The lowest BCUT2D eigenvalue weighted by Crippen LogP contribution is -1.96. The number of unbranched alkanes of at least 4 members (excludes halogenated alkanes) is 1. The van der Waals surface area contributed by atoms with Gasteiger partial charge in [-0.15, -0.1) is 0 Å². The first kappa shape index (κ1) is 17.2. The van der Waals surface area contributed by atoms with Gasteiger partial charge in [-0.2, -0.15) is 0 Å². The van der Waals surface area contributed by atoms with Gasteiger partial charge in [-0.25, -0.2) is 14.4 Å². The molecule has 2 aromatic carbocycles. The number of fused-ring (bicyclic) bond motifs is 1. The largest absolute Gasteiger partial charge is 0.494 e. The summed E-state index contributed by atoms with van der Waals surface area (Å²) in [6, 6.07) is 16.4. The number of aromatic nitrogens is 3. The van der Waals surface area contributed by atoms with E-state index < -0.39 is 0 Å². The number of aromatic amines is 1. The molecule has 4 aromatic rings. The summed E-state index contributed by atoms with van der Waals surface area (Å²) in [6.07, 6.45) is 3.77. The Morgan fingerprint density at radius 1 is 1.04 bits per heavy atom. The minimum absolute atomic E-state index is 0.268. The van der Waals surface area contributed by atoms with Crippen molar-refractivity contribution in [2.24, 2.45) is 0 Å². The molecule has 2 heterocycles. The predicted octanol–water partition coefficient (Wildman–Crippen LogP) is 5.61. The van der Waals surface area contributed by atoms with Gasteiger partial charge in [0.05, 0.1) is 12.1 Å². The van der Waals surface area contributed by atoms with Crippen LogP contribution in [0.5, 0.6) is 5.75 Å². The zero-order chi connectivity index (χ0) is 18.6. The van der Waals surface area contributed by atoms with Gasteiger partial charge in [-0.1, -0.05) is 43.7 Å². The zero-order valence-electron chi connectivity index (χ0n) is 15.1. The highest BCUT2D eigenvalue weighted by Gasteiger charge is 2.10. The fourth-order valence-corrected chi connectivity index (χ4v) is 2.95. The molecule has 0 saturated heterocycles. The molecule has 0 amide bonds.